The van der Waals surface area contributed by atoms with Gasteiger partial charge >= 0.3 is 0 Å². The number of fused-ring (bicyclic) bond motifs is 1. The molecule has 1 fully saturated rings. The van der Waals surface area contributed by atoms with Gasteiger partial charge in [-0.3, -0.25) is 9.91 Å². The zero-order valence-electron chi connectivity index (χ0n) is 18.8. The maximum absolute atomic E-state index is 4.80. The van der Waals surface area contributed by atoms with E-state index < -0.39 is 0 Å². The van der Waals surface area contributed by atoms with Gasteiger partial charge in [0.25, 0.3) is 0 Å². The van der Waals surface area contributed by atoms with Gasteiger partial charge in [-0.25, -0.2) is 4.68 Å². The molecule has 0 N–H and O–H groups in total. The molecule has 4 aromatic rings. The fourth-order valence-electron chi connectivity index (χ4n) is 4.48. The third-order valence-electron chi connectivity index (χ3n) is 6.32. The monoisotopic (exact) mass is 423 g/mol. The number of aromatic nitrogens is 2. The molecule has 0 spiro atoms. The lowest BCUT2D eigenvalue weighted by molar-refractivity contribution is 0.131. The zero-order valence-corrected chi connectivity index (χ0v) is 18.8. The predicted octanol–water partition coefficient (Wildman–Crippen LogP) is 4.79. The summed E-state index contributed by atoms with van der Waals surface area (Å²) in [6, 6.07) is 25.5. The molecule has 5 heteroatoms. The smallest absolute Gasteiger partial charge is 0.0689 e. The number of rotatable bonds is 5. The van der Waals surface area contributed by atoms with E-state index >= 15 is 0 Å². The summed E-state index contributed by atoms with van der Waals surface area (Å²) in [6.45, 7) is 9.05. The van der Waals surface area contributed by atoms with Crippen molar-refractivity contribution >= 4 is 17.0 Å². The third kappa shape index (κ3) is 4.16. The van der Waals surface area contributed by atoms with Crippen LogP contribution in [-0.2, 0) is 6.54 Å². The van der Waals surface area contributed by atoms with Crippen LogP contribution in [0.2, 0.25) is 0 Å². The summed E-state index contributed by atoms with van der Waals surface area (Å²) < 4.78 is 2.00. The van der Waals surface area contributed by atoms with Crippen LogP contribution in [0, 0.1) is 13.8 Å². The van der Waals surface area contributed by atoms with Gasteiger partial charge in [-0.2, -0.15) is 10.2 Å². The van der Waals surface area contributed by atoms with Crippen LogP contribution in [0.15, 0.2) is 77.9 Å². The maximum atomic E-state index is 4.80. The number of benzene rings is 3. The van der Waals surface area contributed by atoms with E-state index in [9.17, 15) is 0 Å². The Bertz CT molecular complexity index is 1230. The van der Waals surface area contributed by atoms with E-state index in [1.165, 1.54) is 16.3 Å². The summed E-state index contributed by atoms with van der Waals surface area (Å²) in [5, 5.41) is 14.4. The molecule has 0 atom stereocenters. The highest BCUT2D eigenvalue weighted by Crippen LogP contribution is 2.21. The van der Waals surface area contributed by atoms with Crippen molar-refractivity contribution in [1.29, 1.82) is 0 Å². The minimum atomic E-state index is 0.937. The van der Waals surface area contributed by atoms with Crippen LogP contribution >= 0.6 is 0 Å². The summed E-state index contributed by atoms with van der Waals surface area (Å²) in [6.07, 6.45) is 1.98. The summed E-state index contributed by atoms with van der Waals surface area (Å²) >= 11 is 0. The molecule has 1 aromatic heterocycles. The number of hydrazone groups is 1. The first-order valence-electron chi connectivity index (χ1n) is 11.3. The second-order valence-electron chi connectivity index (χ2n) is 8.44. The highest BCUT2D eigenvalue weighted by atomic mass is 15.5. The predicted molar refractivity (Wildman–Crippen MR) is 131 cm³/mol. The molecule has 0 bridgehead atoms. The fourth-order valence-corrected chi connectivity index (χ4v) is 4.48. The lowest BCUT2D eigenvalue weighted by Crippen LogP contribution is -2.43. The Morgan fingerprint density at radius 1 is 0.844 bits per heavy atom. The molecular weight excluding hydrogens is 394 g/mol. The van der Waals surface area contributed by atoms with Crippen LogP contribution in [0.1, 0.15) is 22.5 Å². The van der Waals surface area contributed by atoms with Crippen LogP contribution in [-0.4, -0.2) is 52.1 Å². The molecule has 32 heavy (non-hydrogen) atoms. The van der Waals surface area contributed by atoms with Gasteiger partial charge in [0.15, 0.2) is 0 Å². The molecule has 1 aliphatic heterocycles. The molecule has 0 aliphatic carbocycles. The SMILES string of the molecule is Cc1nn(-c2ccccc2)c(C)c1/C=N/N1CCN(Cc2cccc3ccccc23)CC1. The van der Waals surface area contributed by atoms with Crippen LogP contribution in [0.3, 0.4) is 0 Å². The van der Waals surface area contributed by atoms with Crippen molar-refractivity contribution in [3.63, 3.8) is 0 Å². The third-order valence-corrected chi connectivity index (χ3v) is 6.32. The Labute approximate surface area is 189 Å². The Morgan fingerprint density at radius 2 is 1.56 bits per heavy atom. The van der Waals surface area contributed by atoms with Crippen molar-refractivity contribution in [2.24, 2.45) is 5.10 Å². The lowest BCUT2D eigenvalue weighted by atomic mass is 10.0. The number of hydrogen-bond donors (Lipinski definition) is 0. The molecule has 0 unspecified atom stereocenters. The first kappa shape index (κ1) is 20.5. The quantitative estimate of drug-likeness (QED) is 0.433. The van der Waals surface area contributed by atoms with Crippen molar-refractivity contribution in [1.82, 2.24) is 19.7 Å². The Hall–Kier alpha value is -3.44. The van der Waals surface area contributed by atoms with Gasteiger partial charge in [0.05, 0.1) is 23.3 Å². The van der Waals surface area contributed by atoms with Crippen LogP contribution in [0.4, 0.5) is 0 Å². The van der Waals surface area contributed by atoms with Crippen molar-refractivity contribution < 1.29 is 0 Å². The van der Waals surface area contributed by atoms with Gasteiger partial charge in [-0.1, -0.05) is 60.7 Å². The number of piperazine rings is 1. The second kappa shape index (κ2) is 8.97. The van der Waals surface area contributed by atoms with E-state index in [4.69, 9.17) is 10.2 Å². The topological polar surface area (TPSA) is 36.7 Å². The van der Waals surface area contributed by atoms with E-state index in [1.54, 1.807) is 0 Å². The second-order valence-corrected chi connectivity index (χ2v) is 8.44. The summed E-state index contributed by atoms with van der Waals surface area (Å²) in [5.74, 6) is 0. The molecule has 5 nitrogen and oxygen atoms in total. The van der Waals surface area contributed by atoms with Crippen LogP contribution in [0.25, 0.3) is 16.5 Å². The highest BCUT2D eigenvalue weighted by molar-refractivity contribution is 5.85. The van der Waals surface area contributed by atoms with Gasteiger partial charge < -0.3 is 0 Å². The van der Waals surface area contributed by atoms with E-state index in [-0.39, 0.29) is 0 Å². The van der Waals surface area contributed by atoms with Gasteiger partial charge in [0.1, 0.15) is 0 Å². The van der Waals surface area contributed by atoms with Crippen molar-refractivity contribution in [2.45, 2.75) is 20.4 Å². The van der Waals surface area contributed by atoms with Gasteiger partial charge in [-0.05, 0) is 42.3 Å². The molecule has 5 rings (SSSR count). The van der Waals surface area contributed by atoms with E-state index in [1.807, 2.05) is 29.1 Å². The largest absolute Gasteiger partial charge is 0.295 e. The molecule has 1 saturated heterocycles. The Kier molecular flexibility index (Phi) is 5.73. The van der Waals surface area contributed by atoms with E-state index in [0.29, 0.717) is 0 Å². The van der Waals surface area contributed by atoms with Crippen molar-refractivity contribution in [3.05, 3.63) is 95.3 Å². The highest BCUT2D eigenvalue weighted by Gasteiger charge is 2.17. The summed E-state index contributed by atoms with van der Waals surface area (Å²) in [5.41, 5.74) is 5.71. The number of aryl methyl sites for hydroxylation is 1. The zero-order chi connectivity index (χ0) is 21.9. The van der Waals surface area contributed by atoms with Crippen LogP contribution < -0.4 is 0 Å². The van der Waals surface area contributed by atoms with Gasteiger partial charge in [-0.15, -0.1) is 0 Å². The molecule has 0 amide bonds. The van der Waals surface area contributed by atoms with Gasteiger partial charge in [0, 0.05) is 38.3 Å². The average Bonchev–Trinajstić information content (AvgIpc) is 3.12. The molecule has 0 saturated carbocycles. The Morgan fingerprint density at radius 3 is 2.38 bits per heavy atom. The first-order valence-corrected chi connectivity index (χ1v) is 11.3. The van der Waals surface area contributed by atoms with Gasteiger partial charge in [0.2, 0.25) is 0 Å². The first-order chi connectivity index (χ1) is 15.7. The normalized spacial score (nSPS) is 15.1. The minimum absolute atomic E-state index is 0.937. The van der Waals surface area contributed by atoms with E-state index in [0.717, 1.165) is 55.4 Å². The lowest BCUT2D eigenvalue weighted by Gasteiger charge is -2.33. The Balaban J connectivity index is 1.23. The standard InChI is InChI=1S/C27H29N5/c1-21-27(22(2)32(29-21)25-12-4-3-5-13-25)19-28-31-17-15-30(16-18-31)20-24-11-8-10-23-9-6-7-14-26(23)24/h3-14,19H,15-18,20H2,1-2H3/b28-19+. The number of para-hydroxylation sites is 1. The van der Waals surface area contributed by atoms with Crippen molar-refractivity contribution in [3.8, 4) is 5.69 Å². The molecule has 2 heterocycles. The van der Waals surface area contributed by atoms with Crippen LogP contribution in [0.5, 0.6) is 0 Å². The minimum Gasteiger partial charge on any atom is -0.295 e. The molecule has 1 aliphatic rings. The van der Waals surface area contributed by atoms with Crippen molar-refractivity contribution in [2.75, 3.05) is 26.2 Å². The molecule has 0 radical (unpaired) electrons. The average molecular weight is 424 g/mol. The molecule has 162 valence electrons. The number of nitrogens with zero attached hydrogens (tertiary/aromatic N) is 5. The summed E-state index contributed by atoms with van der Waals surface area (Å²) in [7, 11) is 0. The summed E-state index contributed by atoms with van der Waals surface area (Å²) in [4.78, 5) is 2.53. The maximum Gasteiger partial charge on any atom is 0.0689 e. The molecule has 3 aromatic carbocycles. The fraction of sp³-hybridized carbons (Fsp3) is 0.259. The van der Waals surface area contributed by atoms with E-state index in [2.05, 4.69) is 78.4 Å². The number of hydrogen-bond acceptors (Lipinski definition) is 4. The molecular formula is C27H29N5.